The predicted molar refractivity (Wildman–Crippen MR) is 112 cm³/mol. The molecule has 168 valence electrons. The van der Waals surface area contributed by atoms with Crippen LogP contribution in [-0.2, 0) is 4.74 Å². The average molecular weight is 453 g/mol. The molecule has 2 aromatic heterocycles. The lowest BCUT2D eigenvalue weighted by molar-refractivity contribution is 0.00242. The van der Waals surface area contributed by atoms with Crippen LogP contribution in [0.1, 0.15) is 54.9 Å². The minimum atomic E-state index is -1.23. The summed E-state index contributed by atoms with van der Waals surface area (Å²) in [6.07, 6.45) is 1.55. The van der Waals surface area contributed by atoms with Crippen molar-refractivity contribution in [1.82, 2.24) is 15.3 Å². The Bertz CT molecular complexity index is 957. The van der Waals surface area contributed by atoms with Gasteiger partial charge >= 0.3 is 0 Å². The second-order valence-corrected chi connectivity index (χ2v) is 9.94. The summed E-state index contributed by atoms with van der Waals surface area (Å²) in [7, 11) is 0. The molecule has 0 bridgehead atoms. The van der Waals surface area contributed by atoms with E-state index in [-0.39, 0.29) is 33.9 Å². The Hall–Kier alpha value is -2.17. The number of aliphatic hydroxyl groups excluding tert-OH is 1. The highest BCUT2D eigenvalue weighted by Gasteiger charge is 2.40. The zero-order valence-electron chi connectivity index (χ0n) is 17.7. The summed E-state index contributed by atoms with van der Waals surface area (Å²) in [6.45, 7) is 6.46. The normalized spacial score (nSPS) is 23.3. The third-order valence-electron chi connectivity index (χ3n) is 6.12. The van der Waals surface area contributed by atoms with Crippen molar-refractivity contribution in [3.05, 3.63) is 34.6 Å². The second-order valence-electron chi connectivity index (χ2n) is 8.76. The topological polar surface area (TPSA) is 87.6 Å². The van der Waals surface area contributed by atoms with Crippen molar-refractivity contribution in [3.8, 4) is 0 Å². The van der Waals surface area contributed by atoms with E-state index in [0.717, 1.165) is 31.4 Å². The molecule has 0 radical (unpaired) electrons. The third-order valence-corrected chi connectivity index (χ3v) is 7.09. The number of hydrogen-bond acceptors (Lipinski definition) is 7. The first-order valence-corrected chi connectivity index (χ1v) is 11.2. The van der Waals surface area contributed by atoms with Gasteiger partial charge in [0.2, 0.25) is 11.9 Å². The van der Waals surface area contributed by atoms with Gasteiger partial charge in [-0.3, -0.25) is 9.69 Å². The number of halogens is 2. The molecule has 3 heterocycles. The highest BCUT2D eigenvalue weighted by atomic mass is 32.1. The van der Waals surface area contributed by atoms with Gasteiger partial charge in [0.1, 0.15) is 11.8 Å². The van der Waals surface area contributed by atoms with Crippen molar-refractivity contribution >= 4 is 28.1 Å². The van der Waals surface area contributed by atoms with Crippen LogP contribution in [0.15, 0.2) is 12.1 Å². The Kier molecular flexibility index (Phi) is 5.97. The minimum absolute atomic E-state index is 0.0382. The number of hydrogen-bond donors (Lipinski definition) is 2. The first-order chi connectivity index (χ1) is 14.7. The van der Waals surface area contributed by atoms with E-state index in [4.69, 9.17) is 4.74 Å². The fourth-order valence-corrected chi connectivity index (χ4v) is 4.99. The molecule has 2 N–H and O–H groups in total. The van der Waals surface area contributed by atoms with E-state index in [1.54, 1.807) is 6.92 Å². The standard InChI is InChI=1S/C21H26F2N4O3S/c1-11-17(18(28)24-14-6-7-21(14,2)3)26-20(31-11)27(19(29)13-5-4-8-30-13)12-9-15(22)25-16(23)10-12/h9-10,13-14,19,29H,4-8H2,1-3H3,(H,24,28). The number of aliphatic hydroxyl groups is 1. The highest BCUT2D eigenvalue weighted by Crippen LogP contribution is 2.40. The quantitative estimate of drug-likeness (QED) is 0.514. The van der Waals surface area contributed by atoms with Gasteiger partial charge < -0.3 is 15.2 Å². The Morgan fingerprint density at radius 2 is 2.03 bits per heavy atom. The van der Waals surface area contributed by atoms with Crippen LogP contribution < -0.4 is 10.2 Å². The van der Waals surface area contributed by atoms with Crippen LogP contribution in [0.5, 0.6) is 0 Å². The van der Waals surface area contributed by atoms with E-state index in [1.807, 2.05) is 0 Å². The number of pyridine rings is 1. The lowest BCUT2D eigenvalue weighted by Crippen LogP contribution is -2.52. The van der Waals surface area contributed by atoms with Crippen LogP contribution >= 0.6 is 11.3 Å². The maximum atomic E-state index is 13.8. The van der Waals surface area contributed by atoms with Gasteiger partial charge in [0.15, 0.2) is 11.4 Å². The van der Waals surface area contributed by atoms with E-state index < -0.39 is 24.2 Å². The van der Waals surface area contributed by atoms with Gasteiger partial charge in [-0.15, -0.1) is 11.3 Å². The zero-order chi connectivity index (χ0) is 22.3. The van der Waals surface area contributed by atoms with E-state index in [2.05, 4.69) is 29.1 Å². The number of aryl methyl sites for hydroxylation is 1. The summed E-state index contributed by atoms with van der Waals surface area (Å²) < 4.78 is 33.3. The molecule has 7 nitrogen and oxygen atoms in total. The van der Waals surface area contributed by atoms with Crippen molar-refractivity contribution in [2.24, 2.45) is 5.41 Å². The van der Waals surface area contributed by atoms with Gasteiger partial charge in [-0.25, -0.2) is 4.98 Å². The van der Waals surface area contributed by atoms with Crippen LogP contribution in [0.3, 0.4) is 0 Å². The van der Waals surface area contributed by atoms with E-state index in [9.17, 15) is 18.7 Å². The second kappa shape index (κ2) is 8.40. The maximum Gasteiger partial charge on any atom is 0.271 e. The van der Waals surface area contributed by atoms with Crippen LogP contribution in [0.4, 0.5) is 19.6 Å². The van der Waals surface area contributed by atoms with Crippen LogP contribution in [0.2, 0.25) is 0 Å². The molecule has 0 spiro atoms. The van der Waals surface area contributed by atoms with Crippen LogP contribution in [0, 0.1) is 24.2 Å². The largest absolute Gasteiger partial charge is 0.374 e. The van der Waals surface area contributed by atoms with Gasteiger partial charge in [-0.1, -0.05) is 13.8 Å². The maximum absolute atomic E-state index is 13.8. The number of carbonyl (C=O) groups excluding carboxylic acids is 1. The summed E-state index contributed by atoms with van der Waals surface area (Å²) in [5, 5.41) is 14.3. The summed E-state index contributed by atoms with van der Waals surface area (Å²) in [6, 6.07) is 2.12. The van der Waals surface area contributed by atoms with Gasteiger partial charge in [0.05, 0.1) is 5.69 Å². The molecule has 2 aromatic rings. The highest BCUT2D eigenvalue weighted by molar-refractivity contribution is 7.16. The number of nitrogens with zero attached hydrogens (tertiary/aromatic N) is 3. The molecule has 3 atom stereocenters. The molecule has 10 heteroatoms. The monoisotopic (exact) mass is 452 g/mol. The summed E-state index contributed by atoms with van der Waals surface area (Å²) in [4.78, 5) is 22.4. The molecule has 31 heavy (non-hydrogen) atoms. The third kappa shape index (κ3) is 4.42. The molecule has 1 aliphatic heterocycles. The molecule has 2 fully saturated rings. The smallest absolute Gasteiger partial charge is 0.271 e. The molecule has 1 aliphatic carbocycles. The number of carbonyl (C=O) groups is 1. The minimum Gasteiger partial charge on any atom is -0.374 e. The number of rotatable bonds is 6. The average Bonchev–Trinajstić information content (AvgIpc) is 3.35. The van der Waals surface area contributed by atoms with Gasteiger partial charge in [-0.2, -0.15) is 13.8 Å². The fourth-order valence-electron chi connectivity index (χ4n) is 4.03. The molecule has 2 aliphatic rings. The number of thiazole rings is 1. The number of nitrogens with one attached hydrogen (secondary N) is 1. The van der Waals surface area contributed by atoms with Gasteiger partial charge in [0.25, 0.3) is 5.91 Å². The SMILES string of the molecule is Cc1sc(N(c2cc(F)nc(F)c2)C(O)C2CCCO2)nc1C(=O)NC1CCC1(C)C. The lowest BCUT2D eigenvalue weighted by atomic mass is 9.67. The fraction of sp³-hybridized carbons (Fsp3) is 0.571. The molecule has 0 aromatic carbocycles. The molecule has 1 amide bonds. The molecular formula is C21H26F2N4O3S. The molecule has 4 rings (SSSR count). The first kappa shape index (κ1) is 22.0. The molecule has 1 saturated carbocycles. The van der Waals surface area contributed by atoms with Crippen molar-refractivity contribution in [2.45, 2.75) is 64.8 Å². The van der Waals surface area contributed by atoms with Crippen LogP contribution in [-0.4, -0.2) is 46.0 Å². The van der Waals surface area contributed by atoms with Crippen molar-refractivity contribution in [2.75, 3.05) is 11.5 Å². The zero-order valence-corrected chi connectivity index (χ0v) is 18.5. The van der Waals surface area contributed by atoms with Gasteiger partial charge in [-0.05, 0) is 38.0 Å². The lowest BCUT2D eigenvalue weighted by Gasteiger charge is -2.44. The first-order valence-electron chi connectivity index (χ1n) is 10.4. The number of ether oxygens (including phenoxy) is 1. The van der Waals surface area contributed by atoms with Crippen molar-refractivity contribution in [3.63, 3.8) is 0 Å². The van der Waals surface area contributed by atoms with Crippen LogP contribution in [0.25, 0.3) is 0 Å². The Labute approximate surface area is 183 Å². The van der Waals surface area contributed by atoms with Crippen molar-refractivity contribution < 1.29 is 23.4 Å². The number of amides is 1. The summed E-state index contributed by atoms with van der Waals surface area (Å²) in [5.74, 6) is -2.33. The predicted octanol–water partition coefficient (Wildman–Crippen LogP) is 3.68. The summed E-state index contributed by atoms with van der Waals surface area (Å²) in [5.41, 5.74) is 0.326. The molecule has 1 saturated heterocycles. The Balaban J connectivity index is 1.66. The van der Waals surface area contributed by atoms with E-state index >= 15 is 0 Å². The van der Waals surface area contributed by atoms with E-state index in [1.165, 1.54) is 16.2 Å². The van der Waals surface area contributed by atoms with Crippen molar-refractivity contribution in [1.29, 1.82) is 0 Å². The Morgan fingerprint density at radius 3 is 2.58 bits per heavy atom. The number of aromatic nitrogens is 2. The number of anilines is 2. The molecular weight excluding hydrogens is 426 g/mol. The summed E-state index contributed by atoms with van der Waals surface area (Å²) >= 11 is 1.17. The molecule has 3 unspecified atom stereocenters. The van der Waals surface area contributed by atoms with E-state index in [0.29, 0.717) is 17.9 Å². The Morgan fingerprint density at radius 1 is 1.32 bits per heavy atom. The van der Waals surface area contributed by atoms with Gasteiger partial charge in [0, 0.05) is 29.7 Å².